The number of ether oxygens (including phenoxy) is 2. The summed E-state index contributed by atoms with van der Waals surface area (Å²) in [6.45, 7) is 4.89. The molecule has 5 unspecified atom stereocenters. The number of hydrogen-bond donors (Lipinski definition) is 3. The number of fused-ring (bicyclic) bond motifs is 2. The summed E-state index contributed by atoms with van der Waals surface area (Å²) in [7, 11) is -3.91. The maximum Gasteiger partial charge on any atom is 0.408 e. The number of allylic oxidation sites excluding steroid dienone is 1. The van der Waals surface area contributed by atoms with E-state index in [0.29, 0.717) is 25.7 Å². The van der Waals surface area contributed by atoms with Crippen molar-refractivity contribution in [2.24, 2.45) is 5.92 Å². The van der Waals surface area contributed by atoms with Crippen molar-refractivity contribution in [3.8, 4) is 6.07 Å². The molecule has 15 heteroatoms. The van der Waals surface area contributed by atoms with Crippen LogP contribution in [-0.4, -0.2) is 84.2 Å². The van der Waals surface area contributed by atoms with Gasteiger partial charge < -0.3 is 25.0 Å². The van der Waals surface area contributed by atoms with Crippen molar-refractivity contribution in [2.75, 3.05) is 6.54 Å². The number of esters is 1. The van der Waals surface area contributed by atoms with E-state index in [2.05, 4.69) is 15.4 Å². The SMILES string of the molecule is CC(C)(C)OC(=O)NC1CCCCC/C=C\C2CC2(C(=O)NS(=O)(=O)C2CC2)NC(=O)C2CC(OC(=O)c3cccc(C#N)c3)CN2C1=O. The molecule has 1 aromatic rings. The number of nitrogens with zero attached hydrogens (tertiary/aromatic N) is 2. The van der Waals surface area contributed by atoms with Gasteiger partial charge in [0.1, 0.15) is 29.3 Å². The van der Waals surface area contributed by atoms with Gasteiger partial charge in [0.05, 0.1) is 29.0 Å². The fraction of sp³-hybridized carbons (Fsp3) is 0.588. The van der Waals surface area contributed by atoms with Crippen LogP contribution in [0.1, 0.15) is 94.5 Å². The standard InChI is InChI=1S/C34H43N5O9S/c1-33(2,3)48-32(44)36-26-13-8-6-4-5-7-12-23-18-34(23,31(43)38-49(45,46)25-14-15-25)37-28(40)27-17-24(20-39(27)29(26)41)47-30(42)22-11-9-10-21(16-22)19-35/h7,9-12,16,23-27H,4-6,8,13-15,17-18,20H2,1-3H3,(H,36,44)(H,37,40)(H,38,43)/b12-7-. The van der Waals surface area contributed by atoms with Crippen LogP contribution in [0.15, 0.2) is 36.4 Å². The van der Waals surface area contributed by atoms with Crippen molar-refractivity contribution in [2.45, 2.75) is 113 Å². The fourth-order valence-electron chi connectivity index (χ4n) is 6.23. The first-order valence-electron chi connectivity index (χ1n) is 16.7. The number of alkyl carbamates (subject to hydrolysis) is 1. The predicted molar refractivity (Wildman–Crippen MR) is 175 cm³/mol. The van der Waals surface area contributed by atoms with E-state index in [-0.39, 0.29) is 36.9 Å². The van der Waals surface area contributed by atoms with Crippen LogP contribution in [0, 0.1) is 17.2 Å². The molecular weight excluding hydrogens is 654 g/mol. The zero-order valence-corrected chi connectivity index (χ0v) is 28.7. The number of nitrogens with one attached hydrogen (secondary N) is 3. The first-order valence-corrected chi connectivity index (χ1v) is 18.2. The molecule has 2 heterocycles. The van der Waals surface area contributed by atoms with E-state index in [4.69, 9.17) is 9.47 Å². The Kier molecular flexibility index (Phi) is 10.4. The van der Waals surface area contributed by atoms with E-state index in [1.165, 1.54) is 29.2 Å². The average Bonchev–Trinajstić information content (AvgIpc) is 3.95. The highest BCUT2D eigenvalue weighted by Gasteiger charge is 2.62. The molecule has 2 saturated carbocycles. The molecule has 3 fully saturated rings. The lowest BCUT2D eigenvalue weighted by molar-refractivity contribution is -0.141. The molecule has 49 heavy (non-hydrogen) atoms. The lowest BCUT2D eigenvalue weighted by Gasteiger charge is -2.30. The minimum atomic E-state index is -3.91. The highest BCUT2D eigenvalue weighted by atomic mass is 32.2. The van der Waals surface area contributed by atoms with Crippen LogP contribution in [0.4, 0.5) is 4.79 Å². The third-order valence-electron chi connectivity index (χ3n) is 9.03. The average molecular weight is 698 g/mol. The maximum atomic E-state index is 14.2. The number of hydrogen-bond acceptors (Lipinski definition) is 10. The molecule has 1 saturated heterocycles. The highest BCUT2D eigenvalue weighted by Crippen LogP contribution is 2.46. The molecule has 4 amide bonds. The molecule has 0 spiro atoms. The van der Waals surface area contributed by atoms with E-state index in [1.54, 1.807) is 20.8 Å². The third-order valence-corrected chi connectivity index (χ3v) is 10.9. The Morgan fingerprint density at radius 3 is 2.55 bits per heavy atom. The summed E-state index contributed by atoms with van der Waals surface area (Å²) in [4.78, 5) is 69.0. The second-order valence-electron chi connectivity index (χ2n) is 14.2. The predicted octanol–water partition coefficient (Wildman–Crippen LogP) is 2.58. The van der Waals surface area contributed by atoms with Gasteiger partial charge in [0.25, 0.3) is 5.91 Å². The van der Waals surface area contributed by atoms with Gasteiger partial charge in [-0.2, -0.15) is 5.26 Å². The molecule has 3 N–H and O–H groups in total. The third kappa shape index (κ3) is 8.78. The molecule has 4 aliphatic rings. The Labute approximate surface area is 286 Å². The normalized spacial score (nSPS) is 28.2. The van der Waals surface area contributed by atoms with Crippen molar-refractivity contribution in [1.82, 2.24) is 20.3 Å². The Balaban J connectivity index is 1.43. The van der Waals surface area contributed by atoms with Gasteiger partial charge in [0.15, 0.2) is 0 Å². The van der Waals surface area contributed by atoms with Crippen LogP contribution in [0.2, 0.25) is 0 Å². The number of carbonyl (C=O) groups excluding carboxylic acids is 5. The minimum Gasteiger partial charge on any atom is -0.457 e. The summed E-state index contributed by atoms with van der Waals surface area (Å²) in [5, 5.41) is 14.0. The summed E-state index contributed by atoms with van der Waals surface area (Å²) < 4.78 is 38.7. The second kappa shape index (κ2) is 14.2. The van der Waals surface area contributed by atoms with Gasteiger partial charge in [0.2, 0.25) is 21.8 Å². The molecule has 5 rings (SSSR count). The van der Waals surface area contributed by atoms with Gasteiger partial charge >= 0.3 is 12.1 Å². The first kappa shape index (κ1) is 35.8. The summed E-state index contributed by atoms with van der Waals surface area (Å²) in [5.74, 6) is -3.38. The van der Waals surface area contributed by atoms with Gasteiger partial charge in [0, 0.05) is 12.3 Å². The number of carbonyl (C=O) groups is 5. The van der Waals surface area contributed by atoms with Crippen LogP contribution >= 0.6 is 0 Å². The van der Waals surface area contributed by atoms with E-state index in [0.717, 1.165) is 12.8 Å². The van der Waals surface area contributed by atoms with Crippen LogP contribution in [0.3, 0.4) is 0 Å². The van der Waals surface area contributed by atoms with Crippen molar-refractivity contribution >= 4 is 39.8 Å². The van der Waals surface area contributed by atoms with E-state index in [1.807, 2.05) is 18.2 Å². The topological polar surface area (TPSA) is 201 Å². The number of sulfonamides is 1. The second-order valence-corrected chi connectivity index (χ2v) is 16.1. The molecule has 2 aliphatic carbocycles. The smallest absolute Gasteiger partial charge is 0.408 e. The summed E-state index contributed by atoms with van der Waals surface area (Å²) in [6.07, 6.45) is 5.88. The van der Waals surface area contributed by atoms with Crippen LogP contribution < -0.4 is 15.4 Å². The van der Waals surface area contributed by atoms with Gasteiger partial charge in [-0.25, -0.2) is 18.0 Å². The molecule has 264 valence electrons. The molecule has 0 bridgehead atoms. The quantitative estimate of drug-likeness (QED) is 0.293. The largest absolute Gasteiger partial charge is 0.457 e. The number of benzene rings is 1. The van der Waals surface area contributed by atoms with Gasteiger partial charge in [-0.05, 0) is 77.5 Å². The highest BCUT2D eigenvalue weighted by molar-refractivity contribution is 7.91. The van der Waals surface area contributed by atoms with Crippen molar-refractivity contribution in [3.05, 3.63) is 47.5 Å². The molecular formula is C34H43N5O9S. The zero-order chi connectivity index (χ0) is 35.6. The zero-order valence-electron chi connectivity index (χ0n) is 27.9. The van der Waals surface area contributed by atoms with Crippen LogP contribution in [-0.2, 0) is 33.9 Å². The van der Waals surface area contributed by atoms with Crippen molar-refractivity contribution in [3.63, 3.8) is 0 Å². The first-order chi connectivity index (χ1) is 23.1. The minimum absolute atomic E-state index is 0.115. The van der Waals surface area contributed by atoms with Gasteiger partial charge in [-0.1, -0.05) is 31.1 Å². The lowest BCUT2D eigenvalue weighted by Crippen LogP contribution is -2.58. The molecule has 0 radical (unpaired) electrons. The van der Waals surface area contributed by atoms with Crippen molar-refractivity contribution in [1.29, 1.82) is 5.26 Å². The van der Waals surface area contributed by atoms with Crippen molar-refractivity contribution < 1.29 is 41.9 Å². The molecule has 0 aromatic heterocycles. The monoisotopic (exact) mass is 697 g/mol. The van der Waals surface area contributed by atoms with E-state index >= 15 is 0 Å². The summed E-state index contributed by atoms with van der Waals surface area (Å²) in [6, 6.07) is 5.59. The summed E-state index contributed by atoms with van der Waals surface area (Å²) >= 11 is 0. The summed E-state index contributed by atoms with van der Waals surface area (Å²) in [5.41, 5.74) is -2.02. The lowest BCUT2D eigenvalue weighted by atomic mass is 10.0. The molecule has 5 atom stereocenters. The number of amides is 4. The van der Waals surface area contributed by atoms with Crippen LogP contribution in [0.5, 0.6) is 0 Å². The van der Waals surface area contributed by atoms with E-state index in [9.17, 15) is 37.7 Å². The Morgan fingerprint density at radius 2 is 1.86 bits per heavy atom. The molecule has 14 nitrogen and oxygen atoms in total. The maximum absolute atomic E-state index is 14.2. The molecule has 2 aliphatic heterocycles. The van der Waals surface area contributed by atoms with Gasteiger partial charge in [-0.15, -0.1) is 0 Å². The van der Waals surface area contributed by atoms with E-state index < -0.39 is 80.3 Å². The Hall–Kier alpha value is -4.45. The number of rotatable bonds is 6. The Bertz CT molecular complexity index is 1680. The number of nitriles is 1. The van der Waals surface area contributed by atoms with Gasteiger partial charge in [-0.3, -0.25) is 19.1 Å². The Morgan fingerprint density at radius 1 is 1.10 bits per heavy atom. The molecule has 1 aromatic carbocycles. The van der Waals surface area contributed by atoms with Crippen LogP contribution in [0.25, 0.3) is 0 Å². The fourth-order valence-corrected chi connectivity index (χ4v) is 7.60.